The highest BCUT2D eigenvalue weighted by Gasteiger charge is 2.28. The van der Waals surface area contributed by atoms with E-state index in [0.717, 1.165) is 18.4 Å². The number of ether oxygens (including phenoxy) is 2. The van der Waals surface area contributed by atoms with Crippen LogP contribution in [0.4, 0.5) is 0 Å². The van der Waals surface area contributed by atoms with Gasteiger partial charge in [-0.1, -0.05) is 35.5 Å². The molecule has 0 saturated carbocycles. The molecule has 1 heterocycles. The minimum absolute atomic E-state index is 0.0600. The number of methoxy groups -OCH3 is 2. The summed E-state index contributed by atoms with van der Waals surface area (Å²) < 4.78 is 10.5. The molecule has 0 radical (unpaired) electrons. The van der Waals surface area contributed by atoms with Gasteiger partial charge in [0.05, 0.1) is 25.5 Å². The van der Waals surface area contributed by atoms with Gasteiger partial charge in [0.2, 0.25) is 0 Å². The third kappa shape index (κ3) is 4.05. The molecule has 142 valence electrons. The summed E-state index contributed by atoms with van der Waals surface area (Å²) in [5.74, 6) is 1.21. The fraction of sp³-hybridized carbons (Fsp3) is 0.333. The second-order valence-electron chi connectivity index (χ2n) is 6.48. The first-order valence-corrected chi connectivity index (χ1v) is 8.96. The number of nitrogens with zero attached hydrogens (tertiary/aromatic N) is 2. The maximum atomic E-state index is 12.9. The Kier molecular flexibility index (Phi) is 5.96. The van der Waals surface area contributed by atoms with Gasteiger partial charge in [-0.15, -0.1) is 0 Å². The molecule has 1 aliphatic rings. The van der Waals surface area contributed by atoms with E-state index >= 15 is 0 Å². The third-order valence-electron chi connectivity index (χ3n) is 4.99. The van der Waals surface area contributed by atoms with Crippen LogP contribution in [-0.4, -0.2) is 49.0 Å². The lowest BCUT2D eigenvalue weighted by Crippen LogP contribution is -2.40. The van der Waals surface area contributed by atoms with Crippen molar-refractivity contribution in [3.05, 3.63) is 59.7 Å². The normalized spacial score (nSPS) is 15.5. The molecule has 27 heavy (non-hydrogen) atoms. The number of carbonyl (C=O) groups excluding carboxylic acids is 1. The minimum atomic E-state index is -0.0600. The second kappa shape index (κ2) is 8.58. The molecule has 3 rings (SSSR count). The lowest BCUT2D eigenvalue weighted by atomic mass is 9.88. The zero-order chi connectivity index (χ0) is 19.2. The Morgan fingerprint density at radius 1 is 1.07 bits per heavy atom. The Morgan fingerprint density at radius 2 is 1.78 bits per heavy atom. The molecule has 0 aliphatic carbocycles. The Labute approximate surface area is 159 Å². The number of oxime groups is 1. The molecule has 1 N–H and O–H groups in total. The molecule has 0 unspecified atom stereocenters. The highest BCUT2D eigenvalue weighted by Crippen LogP contribution is 2.28. The summed E-state index contributed by atoms with van der Waals surface area (Å²) in [7, 11) is 3.12. The predicted octanol–water partition coefficient (Wildman–Crippen LogP) is 3.43. The van der Waals surface area contributed by atoms with Crippen LogP contribution in [-0.2, 0) is 0 Å². The molecule has 2 aromatic rings. The number of piperidine rings is 1. The van der Waals surface area contributed by atoms with E-state index in [1.54, 1.807) is 32.4 Å². The number of carbonyl (C=O) groups is 1. The van der Waals surface area contributed by atoms with Gasteiger partial charge >= 0.3 is 0 Å². The van der Waals surface area contributed by atoms with Crippen molar-refractivity contribution >= 4 is 11.6 Å². The van der Waals surface area contributed by atoms with Gasteiger partial charge in [0.1, 0.15) is 11.5 Å². The maximum absolute atomic E-state index is 12.9. The SMILES string of the molecule is COc1ccc(C(=O)N2CCC(/C(=N\O)c3ccccc3)CC2)c(OC)c1. The van der Waals surface area contributed by atoms with Gasteiger partial charge in [-0.3, -0.25) is 4.79 Å². The largest absolute Gasteiger partial charge is 0.497 e. The summed E-state index contributed by atoms with van der Waals surface area (Å²) in [5.41, 5.74) is 2.13. The summed E-state index contributed by atoms with van der Waals surface area (Å²) in [5, 5.41) is 13.0. The molecular formula is C21H24N2O4. The van der Waals surface area contributed by atoms with Crippen molar-refractivity contribution in [2.75, 3.05) is 27.3 Å². The molecule has 6 heteroatoms. The van der Waals surface area contributed by atoms with E-state index in [4.69, 9.17) is 9.47 Å². The molecule has 0 aromatic heterocycles. The van der Waals surface area contributed by atoms with Crippen LogP contribution in [0.5, 0.6) is 11.5 Å². The Morgan fingerprint density at radius 3 is 2.37 bits per heavy atom. The molecule has 1 saturated heterocycles. The summed E-state index contributed by atoms with van der Waals surface area (Å²) in [6.45, 7) is 1.20. The molecule has 1 amide bonds. The van der Waals surface area contributed by atoms with Crippen LogP contribution in [0.25, 0.3) is 0 Å². The van der Waals surface area contributed by atoms with E-state index in [9.17, 15) is 10.0 Å². The first-order valence-electron chi connectivity index (χ1n) is 8.96. The molecule has 2 aromatic carbocycles. The smallest absolute Gasteiger partial charge is 0.257 e. The van der Waals surface area contributed by atoms with Crippen LogP contribution >= 0.6 is 0 Å². The number of benzene rings is 2. The fourth-order valence-corrected chi connectivity index (χ4v) is 3.49. The lowest BCUT2D eigenvalue weighted by molar-refractivity contribution is 0.0706. The van der Waals surface area contributed by atoms with Crippen molar-refractivity contribution in [3.63, 3.8) is 0 Å². The van der Waals surface area contributed by atoms with Gasteiger partial charge in [0.15, 0.2) is 0 Å². The van der Waals surface area contributed by atoms with Crippen molar-refractivity contribution in [3.8, 4) is 11.5 Å². The van der Waals surface area contributed by atoms with Crippen LogP contribution in [0.15, 0.2) is 53.7 Å². The molecule has 0 bridgehead atoms. The Bertz CT molecular complexity index is 812. The van der Waals surface area contributed by atoms with Crippen LogP contribution in [0, 0.1) is 5.92 Å². The summed E-state index contributed by atoms with van der Waals surface area (Å²) in [6, 6.07) is 14.9. The second-order valence-corrected chi connectivity index (χ2v) is 6.48. The van der Waals surface area contributed by atoms with Crippen LogP contribution < -0.4 is 9.47 Å². The zero-order valence-corrected chi connectivity index (χ0v) is 15.6. The molecule has 6 nitrogen and oxygen atoms in total. The molecule has 1 aliphatic heterocycles. The number of hydrogen-bond donors (Lipinski definition) is 1. The van der Waals surface area contributed by atoms with Crippen LogP contribution in [0.2, 0.25) is 0 Å². The summed E-state index contributed by atoms with van der Waals surface area (Å²) in [4.78, 5) is 14.7. The van der Waals surface area contributed by atoms with Gasteiger partial charge < -0.3 is 19.6 Å². The highest BCUT2D eigenvalue weighted by atomic mass is 16.5. The van der Waals surface area contributed by atoms with E-state index < -0.39 is 0 Å². The van der Waals surface area contributed by atoms with Gasteiger partial charge in [0.25, 0.3) is 5.91 Å². The van der Waals surface area contributed by atoms with Crippen LogP contribution in [0.3, 0.4) is 0 Å². The van der Waals surface area contributed by atoms with Gasteiger partial charge in [-0.05, 0) is 30.5 Å². The topological polar surface area (TPSA) is 71.4 Å². The quantitative estimate of drug-likeness (QED) is 0.499. The number of hydrogen-bond acceptors (Lipinski definition) is 5. The highest BCUT2D eigenvalue weighted by molar-refractivity contribution is 6.02. The summed E-state index contributed by atoms with van der Waals surface area (Å²) >= 11 is 0. The minimum Gasteiger partial charge on any atom is -0.497 e. The molecule has 1 fully saturated rings. The van der Waals surface area contributed by atoms with Crippen molar-refractivity contribution in [2.24, 2.45) is 11.1 Å². The Balaban J connectivity index is 1.69. The van der Waals surface area contributed by atoms with Gasteiger partial charge in [-0.25, -0.2) is 0 Å². The van der Waals surface area contributed by atoms with Crippen molar-refractivity contribution in [2.45, 2.75) is 12.8 Å². The average molecular weight is 368 g/mol. The van der Waals surface area contributed by atoms with E-state index in [0.29, 0.717) is 35.9 Å². The zero-order valence-electron chi connectivity index (χ0n) is 15.6. The standard InChI is InChI=1S/C21H24N2O4/c1-26-17-8-9-18(19(14-17)27-2)21(24)23-12-10-16(11-13-23)20(22-25)15-6-4-3-5-7-15/h3-9,14,16,25H,10-13H2,1-2H3/b22-20-. The third-order valence-corrected chi connectivity index (χ3v) is 4.99. The van der Waals surface area contributed by atoms with Crippen LogP contribution in [0.1, 0.15) is 28.8 Å². The number of rotatable bonds is 5. The van der Waals surface area contributed by atoms with Gasteiger partial charge in [-0.2, -0.15) is 0 Å². The Hall–Kier alpha value is -3.02. The first kappa shape index (κ1) is 18.8. The van der Waals surface area contributed by atoms with Crippen molar-refractivity contribution in [1.29, 1.82) is 0 Å². The molecular weight excluding hydrogens is 344 g/mol. The lowest BCUT2D eigenvalue weighted by Gasteiger charge is -2.32. The summed E-state index contributed by atoms with van der Waals surface area (Å²) in [6.07, 6.45) is 1.50. The predicted molar refractivity (Wildman–Crippen MR) is 103 cm³/mol. The maximum Gasteiger partial charge on any atom is 0.257 e. The van der Waals surface area contributed by atoms with E-state index in [2.05, 4.69) is 5.16 Å². The molecule has 0 spiro atoms. The average Bonchev–Trinajstić information content (AvgIpc) is 2.74. The monoisotopic (exact) mass is 368 g/mol. The number of amides is 1. The van der Waals surface area contributed by atoms with E-state index in [-0.39, 0.29) is 11.8 Å². The van der Waals surface area contributed by atoms with E-state index in [1.807, 2.05) is 35.2 Å². The van der Waals surface area contributed by atoms with Crippen molar-refractivity contribution < 1.29 is 19.5 Å². The number of likely N-dealkylation sites (tertiary alicyclic amines) is 1. The molecule has 0 atom stereocenters. The van der Waals surface area contributed by atoms with E-state index in [1.165, 1.54) is 0 Å². The first-order chi connectivity index (χ1) is 13.2. The van der Waals surface area contributed by atoms with Gasteiger partial charge in [0, 0.05) is 25.1 Å². The fourth-order valence-electron chi connectivity index (χ4n) is 3.49. The van der Waals surface area contributed by atoms with Crippen molar-refractivity contribution in [1.82, 2.24) is 4.90 Å².